The molecule has 1 N–H and O–H groups in total. The van der Waals surface area contributed by atoms with Gasteiger partial charge in [-0.25, -0.2) is 18.3 Å². The van der Waals surface area contributed by atoms with Crippen molar-refractivity contribution in [2.24, 2.45) is 0 Å². The summed E-state index contributed by atoms with van der Waals surface area (Å²) >= 11 is 0. The molecule has 0 fully saturated rings. The number of fused-ring (bicyclic) bond motifs is 1. The molecule has 2 atom stereocenters. The van der Waals surface area contributed by atoms with E-state index in [1.165, 1.54) is 12.1 Å². The molecule has 0 amide bonds. The number of benzene rings is 2. The molecule has 1 aromatic heterocycles. The second-order valence-electron chi connectivity index (χ2n) is 9.55. The van der Waals surface area contributed by atoms with E-state index in [4.69, 9.17) is 4.74 Å². The van der Waals surface area contributed by atoms with Gasteiger partial charge in [0, 0.05) is 11.1 Å². The van der Waals surface area contributed by atoms with Crippen molar-refractivity contribution in [3.05, 3.63) is 89.4 Å². The third kappa shape index (κ3) is 5.65. The average molecular weight is 533 g/mol. The fourth-order valence-corrected chi connectivity index (χ4v) is 4.59. The van der Waals surface area contributed by atoms with Crippen LogP contribution in [0.1, 0.15) is 42.4 Å². The van der Waals surface area contributed by atoms with E-state index in [9.17, 15) is 26.6 Å². The highest BCUT2D eigenvalue weighted by molar-refractivity contribution is 7.84. The van der Waals surface area contributed by atoms with Crippen LogP contribution >= 0.6 is 0 Å². The van der Waals surface area contributed by atoms with Crippen LogP contribution in [0, 0.1) is 5.82 Å². The second-order valence-corrected chi connectivity index (χ2v) is 11.5. The number of alkyl halides is 3. The van der Waals surface area contributed by atoms with Gasteiger partial charge in [0.25, 0.3) is 5.78 Å². The Labute approximate surface area is 214 Å². The number of hydrogen-bond donors (Lipinski definition) is 1. The highest BCUT2D eigenvalue weighted by atomic mass is 32.2. The van der Waals surface area contributed by atoms with Crippen LogP contribution in [0.4, 0.5) is 17.6 Å². The highest BCUT2D eigenvalue weighted by Crippen LogP contribution is 2.45. The topological polar surface area (TPSA) is 68.3 Å². The number of hydrogen-bond acceptors (Lipinski definition) is 4. The minimum Gasteiger partial charge on any atom is -0.488 e. The predicted octanol–water partition coefficient (Wildman–Crippen LogP) is 5.99. The van der Waals surface area contributed by atoms with Crippen LogP contribution in [0.15, 0.2) is 66.7 Å². The Kier molecular flexibility index (Phi) is 7.09. The van der Waals surface area contributed by atoms with E-state index in [0.29, 0.717) is 0 Å². The molecule has 1 aliphatic heterocycles. The van der Waals surface area contributed by atoms with Crippen molar-refractivity contribution in [3.8, 4) is 17.0 Å². The zero-order valence-corrected chi connectivity index (χ0v) is 21.0. The summed E-state index contributed by atoms with van der Waals surface area (Å²) in [5, 5.41) is 0. The van der Waals surface area contributed by atoms with Gasteiger partial charge in [-0.1, -0.05) is 42.5 Å². The molecule has 5 nitrogen and oxygen atoms in total. The molecular weight excluding hydrogens is 508 g/mol. The first-order valence-electron chi connectivity index (χ1n) is 11.3. The Balaban J connectivity index is 1.96. The quantitative estimate of drug-likeness (QED) is 0.313. The van der Waals surface area contributed by atoms with Gasteiger partial charge < -0.3 is 4.74 Å². The molecule has 1 aliphatic rings. The molecule has 37 heavy (non-hydrogen) atoms. The predicted molar refractivity (Wildman–Crippen MR) is 134 cm³/mol. The first-order valence-corrected chi connectivity index (χ1v) is 12.4. The van der Waals surface area contributed by atoms with Crippen LogP contribution in [0.5, 0.6) is 5.75 Å². The van der Waals surface area contributed by atoms with E-state index in [0.717, 1.165) is 23.8 Å². The van der Waals surface area contributed by atoms with Crippen molar-refractivity contribution in [1.29, 1.82) is 0 Å². The highest BCUT2D eigenvalue weighted by Gasteiger charge is 2.46. The lowest BCUT2D eigenvalue weighted by Crippen LogP contribution is -2.48. The van der Waals surface area contributed by atoms with Crippen LogP contribution in [0.25, 0.3) is 17.3 Å². The number of ketones is 1. The number of nitrogens with zero attached hydrogens (tertiary/aromatic N) is 1. The van der Waals surface area contributed by atoms with Gasteiger partial charge in [0.05, 0.1) is 15.7 Å². The van der Waals surface area contributed by atoms with Gasteiger partial charge in [0.15, 0.2) is 5.75 Å². The molecule has 0 saturated heterocycles. The normalized spacial score (nSPS) is 18.5. The number of rotatable bonds is 6. The van der Waals surface area contributed by atoms with Gasteiger partial charge in [-0.05, 0) is 56.7 Å². The Hall–Kier alpha value is -3.37. The summed E-state index contributed by atoms with van der Waals surface area (Å²) in [6.07, 6.45) is -1.78. The first kappa shape index (κ1) is 26.7. The fourth-order valence-electron chi connectivity index (χ4n) is 3.72. The van der Waals surface area contributed by atoms with Gasteiger partial charge in [0.1, 0.15) is 29.4 Å². The number of carbonyl (C=O) groups is 1. The van der Waals surface area contributed by atoms with Gasteiger partial charge in [-0.3, -0.25) is 4.79 Å². The molecule has 4 rings (SSSR count). The molecule has 2 heterocycles. The van der Waals surface area contributed by atoms with E-state index in [-0.39, 0.29) is 29.2 Å². The fraction of sp³-hybridized carbons (Fsp3) is 0.259. The third-order valence-corrected chi connectivity index (χ3v) is 7.36. The van der Waals surface area contributed by atoms with Crippen LogP contribution in [0.2, 0.25) is 0 Å². The summed E-state index contributed by atoms with van der Waals surface area (Å²) in [7, 11) is -1.68. The average Bonchev–Trinajstić information content (AvgIpc) is 3.20. The maximum atomic E-state index is 13.6. The van der Waals surface area contributed by atoms with Crippen molar-refractivity contribution < 1.29 is 31.3 Å². The second kappa shape index (κ2) is 9.83. The smallest absolute Gasteiger partial charge is 0.456 e. The van der Waals surface area contributed by atoms with Crippen LogP contribution in [-0.2, 0) is 16.5 Å². The van der Waals surface area contributed by atoms with Crippen molar-refractivity contribution in [2.75, 3.05) is 6.61 Å². The van der Waals surface area contributed by atoms with Crippen molar-refractivity contribution in [1.82, 2.24) is 9.71 Å². The molecule has 0 radical (unpaired) electrons. The van der Waals surface area contributed by atoms with Gasteiger partial charge >= 0.3 is 6.18 Å². The number of aromatic nitrogens is 1. The van der Waals surface area contributed by atoms with Crippen molar-refractivity contribution >= 4 is 22.8 Å². The van der Waals surface area contributed by atoms with Gasteiger partial charge in [0.2, 0.25) is 0 Å². The molecule has 0 spiro atoms. The maximum Gasteiger partial charge on any atom is 0.456 e. The molecule has 2 aromatic carbocycles. The monoisotopic (exact) mass is 532 g/mol. The standard InChI is InChI=1S/C27H24F4N2O3S/c1-25(2,3)37(35)33-26(14-13-17-7-5-4-6-8-17)16-36-23-20(26)15-21(24(34)27(29,30)31)32-22(23)18-9-11-19(28)12-10-18/h4-15,33H,16H2,1-3H3. The lowest BCUT2D eigenvalue weighted by atomic mass is 9.90. The molecule has 0 saturated carbocycles. The van der Waals surface area contributed by atoms with Crippen LogP contribution in [0.3, 0.4) is 0 Å². The lowest BCUT2D eigenvalue weighted by Gasteiger charge is -2.30. The molecule has 0 bridgehead atoms. The number of carbonyl (C=O) groups excluding carboxylic acids is 1. The third-order valence-electron chi connectivity index (χ3n) is 5.70. The molecule has 3 aromatic rings. The SMILES string of the molecule is CC(C)(C)S(=O)NC1(C=Cc2ccccc2)COc2c1cc(C(=O)C(F)(F)F)nc2-c1ccc(F)cc1. The molecular formula is C27H24F4N2O3S. The Morgan fingerprint density at radius 3 is 2.32 bits per heavy atom. The molecule has 2 unspecified atom stereocenters. The van der Waals surface area contributed by atoms with E-state index >= 15 is 0 Å². The summed E-state index contributed by atoms with van der Waals surface area (Å²) in [6.45, 7) is 5.11. The minimum absolute atomic E-state index is 0.0524. The summed E-state index contributed by atoms with van der Waals surface area (Å²) in [4.78, 5) is 16.3. The van der Waals surface area contributed by atoms with Crippen LogP contribution in [-0.4, -0.2) is 32.5 Å². The number of ether oxygens (including phenoxy) is 1. The first-order chi connectivity index (χ1) is 17.3. The van der Waals surface area contributed by atoms with Gasteiger partial charge in [-0.2, -0.15) is 13.2 Å². The maximum absolute atomic E-state index is 13.6. The van der Waals surface area contributed by atoms with Crippen LogP contribution < -0.4 is 9.46 Å². The van der Waals surface area contributed by atoms with E-state index in [1.54, 1.807) is 32.9 Å². The summed E-state index contributed by atoms with van der Waals surface area (Å²) < 4.78 is 75.4. The zero-order chi connectivity index (χ0) is 27.0. The van der Waals surface area contributed by atoms with Gasteiger partial charge in [-0.15, -0.1) is 0 Å². The number of Topliss-reactive ketones (excluding diaryl/α,β-unsaturated/α-hetero) is 1. The van der Waals surface area contributed by atoms with Crippen molar-refractivity contribution in [2.45, 2.75) is 37.2 Å². The number of nitrogens with one attached hydrogen (secondary N) is 1. The van der Waals surface area contributed by atoms with E-state index in [2.05, 4.69) is 9.71 Å². The summed E-state index contributed by atoms with van der Waals surface area (Å²) in [5.41, 5.74) is -1.05. The van der Waals surface area contributed by atoms with E-state index < -0.39 is 44.7 Å². The summed E-state index contributed by atoms with van der Waals surface area (Å²) in [5.74, 6) is -2.57. The lowest BCUT2D eigenvalue weighted by molar-refractivity contribution is -0.0888. The number of halogens is 4. The Morgan fingerprint density at radius 2 is 1.73 bits per heavy atom. The minimum atomic E-state index is -5.18. The van der Waals surface area contributed by atoms with E-state index in [1.807, 2.05) is 30.3 Å². The zero-order valence-electron chi connectivity index (χ0n) is 20.2. The molecule has 0 aliphatic carbocycles. The number of pyridine rings is 1. The largest absolute Gasteiger partial charge is 0.488 e. The Bertz CT molecular complexity index is 1370. The summed E-state index contributed by atoms with van der Waals surface area (Å²) in [6, 6.07) is 15.1. The van der Waals surface area contributed by atoms with Crippen molar-refractivity contribution in [3.63, 3.8) is 0 Å². The molecule has 194 valence electrons. The Morgan fingerprint density at radius 1 is 1.08 bits per heavy atom. The molecule has 10 heteroatoms.